The maximum absolute atomic E-state index is 13.0. The number of aromatic amines is 1. The summed E-state index contributed by atoms with van der Waals surface area (Å²) < 4.78 is 37.9. The van der Waals surface area contributed by atoms with E-state index in [-0.39, 0.29) is 17.0 Å². The molecule has 1 N–H and O–H groups in total. The summed E-state index contributed by atoms with van der Waals surface area (Å²) in [7, 11) is -3.79. The van der Waals surface area contributed by atoms with Gasteiger partial charge in [-0.25, -0.2) is 13.2 Å². The Morgan fingerprint density at radius 1 is 1.12 bits per heavy atom. The average molecular weight is 346 g/mol. The summed E-state index contributed by atoms with van der Waals surface area (Å²) in [4.78, 5) is 13.8. The SMILES string of the molecule is O=c1[nH]c2ccc(S(=O)(=O)N3CCOC3c3ccccc3)cc2o1. The largest absolute Gasteiger partial charge is 0.417 e. The van der Waals surface area contributed by atoms with E-state index in [0.717, 1.165) is 5.56 Å². The van der Waals surface area contributed by atoms with Crippen LogP contribution in [0.4, 0.5) is 0 Å². The van der Waals surface area contributed by atoms with E-state index in [1.807, 2.05) is 30.3 Å². The van der Waals surface area contributed by atoms with Crippen molar-refractivity contribution >= 4 is 21.1 Å². The first-order valence-corrected chi connectivity index (χ1v) is 8.81. The predicted molar refractivity (Wildman–Crippen MR) is 85.9 cm³/mol. The second-order valence-electron chi connectivity index (χ2n) is 5.42. The Morgan fingerprint density at radius 2 is 1.92 bits per heavy atom. The second-order valence-corrected chi connectivity index (χ2v) is 7.31. The summed E-state index contributed by atoms with van der Waals surface area (Å²) >= 11 is 0. The van der Waals surface area contributed by atoms with Gasteiger partial charge in [-0.15, -0.1) is 0 Å². The minimum atomic E-state index is -3.79. The second kappa shape index (κ2) is 5.59. The maximum atomic E-state index is 13.0. The van der Waals surface area contributed by atoms with Crippen LogP contribution >= 0.6 is 0 Å². The number of nitrogens with one attached hydrogen (secondary N) is 1. The molecule has 0 saturated carbocycles. The van der Waals surface area contributed by atoms with Crippen LogP contribution in [0.15, 0.2) is 62.6 Å². The van der Waals surface area contributed by atoms with Crippen molar-refractivity contribution in [3.05, 3.63) is 64.6 Å². The first kappa shape index (κ1) is 15.1. The Bertz CT molecular complexity index is 1040. The number of oxazole rings is 1. The molecule has 8 heteroatoms. The molecule has 0 bridgehead atoms. The third-order valence-corrected chi connectivity index (χ3v) is 5.77. The lowest BCUT2D eigenvalue weighted by atomic mass is 10.2. The molecule has 1 aliphatic heterocycles. The zero-order chi connectivity index (χ0) is 16.7. The van der Waals surface area contributed by atoms with Crippen LogP contribution < -0.4 is 5.76 Å². The van der Waals surface area contributed by atoms with Crippen molar-refractivity contribution in [2.45, 2.75) is 11.1 Å². The van der Waals surface area contributed by atoms with Crippen molar-refractivity contribution in [1.29, 1.82) is 0 Å². The summed E-state index contributed by atoms with van der Waals surface area (Å²) in [5.74, 6) is -0.619. The highest BCUT2D eigenvalue weighted by Crippen LogP contribution is 2.33. The molecule has 3 aromatic rings. The summed E-state index contributed by atoms with van der Waals surface area (Å²) in [5.41, 5.74) is 1.43. The summed E-state index contributed by atoms with van der Waals surface area (Å²) in [6, 6.07) is 13.5. The van der Waals surface area contributed by atoms with Gasteiger partial charge in [0.15, 0.2) is 5.58 Å². The third kappa shape index (κ3) is 2.44. The maximum Gasteiger partial charge on any atom is 0.417 e. The van der Waals surface area contributed by atoms with E-state index in [4.69, 9.17) is 9.15 Å². The molecule has 7 nitrogen and oxygen atoms in total. The molecule has 1 aromatic heterocycles. The Balaban J connectivity index is 1.76. The van der Waals surface area contributed by atoms with Crippen LogP contribution in [0.1, 0.15) is 11.8 Å². The fourth-order valence-electron chi connectivity index (χ4n) is 2.80. The highest BCUT2D eigenvalue weighted by atomic mass is 32.2. The Kier molecular flexibility index (Phi) is 3.52. The topological polar surface area (TPSA) is 92.6 Å². The summed E-state index contributed by atoms with van der Waals surface area (Å²) in [6.07, 6.45) is -0.662. The molecule has 1 fully saturated rings. The van der Waals surface area contributed by atoms with Crippen molar-refractivity contribution in [1.82, 2.24) is 9.29 Å². The van der Waals surface area contributed by atoms with Crippen LogP contribution in [0.5, 0.6) is 0 Å². The predicted octanol–water partition coefficient (Wildman–Crippen LogP) is 1.84. The molecule has 1 atom stereocenters. The van der Waals surface area contributed by atoms with Gasteiger partial charge in [-0.3, -0.25) is 4.98 Å². The zero-order valence-corrected chi connectivity index (χ0v) is 13.3. The number of fused-ring (bicyclic) bond motifs is 1. The lowest BCUT2D eigenvalue weighted by Crippen LogP contribution is -2.31. The fraction of sp³-hybridized carbons (Fsp3) is 0.188. The number of hydrogen-bond donors (Lipinski definition) is 1. The molecular weight excluding hydrogens is 332 g/mol. The molecule has 1 unspecified atom stereocenters. The molecule has 2 aromatic carbocycles. The molecule has 2 heterocycles. The Morgan fingerprint density at radius 3 is 2.71 bits per heavy atom. The number of hydrogen-bond acceptors (Lipinski definition) is 5. The van der Waals surface area contributed by atoms with Crippen molar-refractivity contribution in [2.24, 2.45) is 0 Å². The van der Waals surface area contributed by atoms with Crippen LogP contribution in [0.3, 0.4) is 0 Å². The number of H-pyrrole nitrogens is 1. The van der Waals surface area contributed by atoms with Crippen LogP contribution in [-0.4, -0.2) is 30.9 Å². The molecule has 0 radical (unpaired) electrons. The van der Waals surface area contributed by atoms with Crippen molar-refractivity contribution in [3.8, 4) is 0 Å². The van der Waals surface area contributed by atoms with E-state index < -0.39 is 22.0 Å². The number of aromatic nitrogens is 1. The van der Waals surface area contributed by atoms with E-state index in [1.54, 1.807) is 0 Å². The van der Waals surface area contributed by atoms with E-state index in [0.29, 0.717) is 12.1 Å². The molecule has 124 valence electrons. The first-order valence-electron chi connectivity index (χ1n) is 7.37. The number of benzene rings is 2. The van der Waals surface area contributed by atoms with Gasteiger partial charge in [0.1, 0.15) is 6.23 Å². The number of sulfonamides is 1. The van der Waals surface area contributed by atoms with Gasteiger partial charge in [-0.05, 0) is 17.7 Å². The minimum absolute atomic E-state index is 0.0594. The number of ether oxygens (including phenoxy) is 1. The number of nitrogens with zero attached hydrogens (tertiary/aromatic N) is 1. The molecule has 1 saturated heterocycles. The highest BCUT2D eigenvalue weighted by molar-refractivity contribution is 7.89. The van der Waals surface area contributed by atoms with Gasteiger partial charge >= 0.3 is 5.76 Å². The monoisotopic (exact) mass is 346 g/mol. The summed E-state index contributed by atoms with van der Waals surface area (Å²) in [6.45, 7) is 0.581. The van der Waals surface area contributed by atoms with Gasteiger partial charge in [-0.2, -0.15) is 4.31 Å². The molecule has 4 rings (SSSR count). The Labute approximate surface area is 137 Å². The number of rotatable bonds is 3. The molecule has 1 aliphatic rings. The van der Waals surface area contributed by atoms with Gasteiger partial charge in [-0.1, -0.05) is 30.3 Å². The smallest absolute Gasteiger partial charge is 0.408 e. The van der Waals surface area contributed by atoms with Gasteiger partial charge in [0.2, 0.25) is 10.0 Å². The lowest BCUT2D eigenvalue weighted by molar-refractivity contribution is 0.0683. The van der Waals surface area contributed by atoms with Crippen molar-refractivity contribution in [3.63, 3.8) is 0 Å². The quantitative estimate of drug-likeness (QED) is 0.781. The van der Waals surface area contributed by atoms with Gasteiger partial charge in [0.25, 0.3) is 0 Å². The van der Waals surface area contributed by atoms with E-state index in [2.05, 4.69) is 4.98 Å². The zero-order valence-electron chi connectivity index (χ0n) is 12.5. The average Bonchev–Trinajstić information content (AvgIpc) is 3.20. The van der Waals surface area contributed by atoms with E-state index in [1.165, 1.54) is 22.5 Å². The molecule has 0 aliphatic carbocycles. The van der Waals surface area contributed by atoms with Gasteiger partial charge in [0.05, 0.1) is 17.0 Å². The van der Waals surface area contributed by atoms with Crippen LogP contribution in [-0.2, 0) is 14.8 Å². The molecule has 0 amide bonds. The van der Waals surface area contributed by atoms with Gasteiger partial charge in [0, 0.05) is 12.6 Å². The first-order chi connectivity index (χ1) is 11.6. The normalized spacial score (nSPS) is 19.1. The summed E-state index contributed by atoms with van der Waals surface area (Å²) in [5, 5.41) is 0. The van der Waals surface area contributed by atoms with Crippen LogP contribution in [0.25, 0.3) is 11.1 Å². The standard InChI is InChI=1S/C16H14N2O5S/c19-16-17-13-7-6-12(10-14(13)23-16)24(20,21)18-8-9-22-15(18)11-4-2-1-3-5-11/h1-7,10,15H,8-9H2,(H,17,19). The van der Waals surface area contributed by atoms with Crippen LogP contribution in [0, 0.1) is 0 Å². The minimum Gasteiger partial charge on any atom is -0.408 e. The highest BCUT2D eigenvalue weighted by Gasteiger charge is 2.37. The van der Waals surface area contributed by atoms with Crippen molar-refractivity contribution < 1.29 is 17.6 Å². The van der Waals surface area contributed by atoms with Crippen molar-refractivity contribution in [2.75, 3.05) is 13.2 Å². The Hall–Kier alpha value is -2.42. The van der Waals surface area contributed by atoms with E-state index >= 15 is 0 Å². The van der Waals surface area contributed by atoms with Gasteiger partial charge < -0.3 is 9.15 Å². The third-order valence-electron chi connectivity index (χ3n) is 3.93. The molecule has 24 heavy (non-hydrogen) atoms. The fourth-order valence-corrected chi connectivity index (χ4v) is 4.32. The van der Waals surface area contributed by atoms with E-state index in [9.17, 15) is 13.2 Å². The lowest BCUT2D eigenvalue weighted by Gasteiger charge is -2.22. The molecular formula is C16H14N2O5S. The molecule has 0 spiro atoms. The van der Waals surface area contributed by atoms with Crippen LogP contribution in [0.2, 0.25) is 0 Å².